The fraction of sp³-hybridized carbons (Fsp3) is 0.500. The van der Waals surface area contributed by atoms with Gasteiger partial charge in [0.15, 0.2) is 0 Å². The van der Waals surface area contributed by atoms with E-state index in [0.717, 1.165) is 6.42 Å². The van der Waals surface area contributed by atoms with Crippen molar-refractivity contribution >= 4 is 11.6 Å². The van der Waals surface area contributed by atoms with Crippen LogP contribution in [0.5, 0.6) is 0 Å². The van der Waals surface area contributed by atoms with Gasteiger partial charge in [0, 0.05) is 17.8 Å². The van der Waals surface area contributed by atoms with E-state index in [1.54, 1.807) is 0 Å². The monoisotopic (exact) mass is 211 g/mol. The number of nitrogens with two attached hydrogens (primary N) is 1. The number of hydrogen-bond donors (Lipinski definition) is 1. The molecule has 78 valence electrons. The maximum Gasteiger partial charge on any atom is 0.0232 e. The Hall–Kier alpha value is -0.530. The van der Waals surface area contributed by atoms with Gasteiger partial charge in [0.2, 0.25) is 0 Å². The molecule has 0 aliphatic heterocycles. The minimum atomic E-state index is 0.0233. The van der Waals surface area contributed by atoms with Crippen molar-refractivity contribution in [2.45, 2.75) is 25.7 Å². The molecule has 1 nitrogen and oxygen atoms in total. The summed E-state index contributed by atoms with van der Waals surface area (Å²) >= 11 is 5.79. The molecule has 1 aromatic carbocycles. The highest BCUT2D eigenvalue weighted by Gasteiger charge is 2.23. The molecule has 0 saturated heterocycles. The summed E-state index contributed by atoms with van der Waals surface area (Å²) in [6.45, 7) is 4.90. The average Bonchev–Trinajstić information content (AvgIpc) is 2.19. The predicted octanol–water partition coefficient (Wildman–Crippen LogP) is 2.84. The van der Waals surface area contributed by atoms with Crippen LogP contribution in [0.25, 0.3) is 0 Å². The molecule has 0 unspecified atom stereocenters. The molecule has 0 aliphatic carbocycles. The van der Waals surface area contributed by atoms with Gasteiger partial charge in [0.05, 0.1) is 0 Å². The van der Waals surface area contributed by atoms with Crippen molar-refractivity contribution in [2.24, 2.45) is 5.73 Å². The van der Waals surface area contributed by atoms with Crippen molar-refractivity contribution in [3.05, 3.63) is 35.4 Å². The van der Waals surface area contributed by atoms with E-state index in [-0.39, 0.29) is 5.41 Å². The molecule has 1 aromatic rings. The molecule has 2 N–H and O–H groups in total. The highest BCUT2D eigenvalue weighted by atomic mass is 35.5. The van der Waals surface area contributed by atoms with Crippen LogP contribution in [-0.4, -0.2) is 12.4 Å². The van der Waals surface area contributed by atoms with Gasteiger partial charge >= 0.3 is 0 Å². The Morgan fingerprint density at radius 1 is 1.29 bits per heavy atom. The molecular weight excluding hydrogens is 194 g/mol. The van der Waals surface area contributed by atoms with E-state index >= 15 is 0 Å². The van der Waals surface area contributed by atoms with E-state index in [1.807, 2.05) is 0 Å². The van der Waals surface area contributed by atoms with Crippen LogP contribution in [0.4, 0.5) is 0 Å². The maximum atomic E-state index is 5.80. The Balaban J connectivity index is 2.94. The molecule has 1 atom stereocenters. The third kappa shape index (κ3) is 2.49. The molecule has 2 heteroatoms. The number of benzene rings is 1. The molecule has 0 amide bonds. The van der Waals surface area contributed by atoms with Crippen LogP contribution in [0.3, 0.4) is 0 Å². The van der Waals surface area contributed by atoms with Crippen molar-refractivity contribution < 1.29 is 0 Å². The van der Waals surface area contributed by atoms with Crippen molar-refractivity contribution in [1.82, 2.24) is 0 Å². The van der Waals surface area contributed by atoms with Crippen LogP contribution in [0.1, 0.15) is 24.5 Å². The predicted molar refractivity (Wildman–Crippen MR) is 62.9 cm³/mol. The number of halogens is 1. The van der Waals surface area contributed by atoms with Crippen LogP contribution >= 0.6 is 11.6 Å². The summed E-state index contributed by atoms with van der Waals surface area (Å²) in [5.74, 6) is 0.654. The lowest BCUT2D eigenvalue weighted by atomic mass is 9.80. The average molecular weight is 212 g/mol. The first kappa shape index (κ1) is 11.5. The first-order valence-electron chi connectivity index (χ1n) is 4.95. The van der Waals surface area contributed by atoms with Crippen LogP contribution in [0, 0.1) is 6.92 Å². The highest BCUT2D eigenvalue weighted by Crippen LogP contribution is 2.27. The highest BCUT2D eigenvalue weighted by molar-refractivity contribution is 6.17. The molecule has 0 spiro atoms. The van der Waals surface area contributed by atoms with Crippen molar-refractivity contribution in [3.8, 4) is 0 Å². The van der Waals surface area contributed by atoms with Gasteiger partial charge in [-0.1, -0.05) is 36.8 Å². The van der Waals surface area contributed by atoms with Crippen molar-refractivity contribution in [2.75, 3.05) is 12.4 Å². The third-order valence-corrected chi connectivity index (χ3v) is 3.03. The van der Waals surface area contributed by atoms with Gasteiger partial charge in [-0.25, -0.2) is 0 Å². The number of alkyl halides is 1. The molecule has 1 rings (SSSR count). The Morgan fingerprint density at radius 3 is 2.29 bits per heavy atom. The first-order chi connectivity index (χ1) is 6.62. The normalized spacial score (nSPS) is 15.1. The van der Waals surface area contributed by atoms with Crippen LogP contribution in [0.15, 0.2) is 24.3 Å². The molecule has 0 fully saturated rings. The van der Waals surface area contributed by atoms with E-state index < -0.39 is 0 Å². The topological polar surface area (TPSA) is 26.0 Å². The second kappa shape index (κ2) is 4.81. The summed E-state index contributed by atoms with van der Waals surface area (Å²) in [4.78, 5) is 0. The van der Waals surface area contributed by atoms with Gasteiger partial charge in [-0.2, -0.15) is 0 Å². The van der Waals surface area contributed by atoms with Gasteiger partial charge < -0.3 is 5.73 Å². The molecule has 0 bridgehead atoms. The smallest absolute Gasteiger partial charge is 0.0232 e. The third-order valence-electron chi connectivity index (χ3n) is 2.85. The summed E-state index contributed by atoms with van der Waals surface area (Å²) in [6.07, 6.45) is 0.925. The molecule has 0 aromatic heterocycles. The van der Waals surface area contributed by atoms with E-state index in [2.05, 4.69) is 38.1 Å². The standard InChI is InChI=1S/C12H18ClN/c1-10-3-5-11(6-4-10)12(2,9-14)7-8-13/h3-6H,7-9,14H2,1-2H3/t12-/m0/s1. The Morgan fingerprint density at radius 2 is 1.86 bits per heavy atom. The summed E-state index contributed by atoms with van der Waals surface area (Å²) in [6, 6.07) is 8.54. The van der Waals surface area contributed by atoms with Crippen LogP contribution in [0.2, 0.25) is 0 Å². The lowest BCUT2D eigenvalue weighted by Gasteiger charge is -2.27. The largest absolute Gasteiger partial charge is 0.330 e. The molecule has 0 saturated carbocycles. The zero-order valence-electron chi connectivity index (χ0n) is 8.89. The Bertz CT molecular complexity index is 281. The molecule has 0 radical (unpaired) electrons. The van der Waals surface area contributed by atoms with Gasteiger partial charge in [0.25, 0.3) is 0 Å². The summed E-state index contributed by atoms with van der Waals surface area (Å²) < 4.78 is 0. The van der Waals surface area contributed by atoms with Gasteiger partial charge in [-0.05, 0) is 18.9 Å². The lowest BCUT2D eigenvalue weighted by molar-refractivity contribution is 0.470. The fourth-order valence-electron chi connectivity index (χ4n) is 1.53. The Labute approximate surface area is 91.3 Å². The minimum absolute atomic E-state index is 0.0233. The zero-order valence-corrected chi connectivity index (χ0v) is 9.64. The number of aryl methyl sites for hydroxylation is 1. The van der Waals surface area contributed by atoms with E-state index in [9.17, 15) is 0 Å². The van der Waals surface area contributed by atoms with E-state index in [0.29, 0.717) is 12.4 Å². The summed E-state index contributed by atoms with van der Waals surface area (Å²) in [5, 5.41) is 0. The zero-order chi connectivity index (χ0) is 10.6. The maximum absolute atomic E-state index is 5.80. The van der Waals surface area contributed by atoms with Gasteiger partial charge in [-0.3, -0.25) is 0 Å². The van der Waals surface area contributed by atoms with Gasteiger partial charge in [0.1, 0.15) is 0 Å². The second-order valence-corrected chi connectivity index (χ2v) is 4.45. The first-order valence-corrected chi connectivity index (χ1v) is 5.49. The lowest BCUT2D eigenvalue weighted by Crippen LogP contribution is -2.32. The summed E-state index contributed by atoms with van der Waals surface area (Å²) in [7, 11) is 0. The van der Waals surface area contributed by atoms with Crippen molar-refractivity contribution in [1.29, 1.82) is 0 Å². The van der Waals surface area contributed by atoms with Crippen LogP contribution in [-0.2, 0) is 5.41 Å². The number of hydrogen-bond acceptors (Lipinski definition) is 1. The fourth-order valence-corrected chi connectivity index (χ4v) is 1.95. The van der Waals surface area contributed by atoms with Crippen molar-refractivity contribution in [3.63, 3.8) is 0 Å². The van der Waals surface area contributed by atoms with Gasteiger partial charge in [-0.15, -0.1) is 11.6 Å². The van der Waals surface area contributed by atoms with Crippen LogP contribution < -0.4 is 5.73 Å². The minimum Gasteiger partial charge on any atom is -0.330 e. The SMILES string of the molecule is Cc1ccc([C@](C)(CN)CCCl)cc1. The van der Waals surface area contributed by atoms with E-state index in [4.69, 9.17) is 17.3 Å². The summed E-state index contributed by atoms with van der Waals surface area (Å²) in [5.41, 5.74) is 8.39. The molecule has 0 aliphatic rings. The molecular formula is C12H18ClN. The number of rotatable bonds is 4. The molecule has 0 heterocycles. The van der Waals surface area contributed by atoms with E-state index in [1.165, 1.54) is 11.1 Å². The second-order valence-electron chi connectivity index (χ2n) is 4.07. The molecule has 14 heavy (non-hydrogen) atoms. The Kier molecular flexibility index (Phi) is 3.97. The quantitative estimate of drug-likeness (QED) is 0.762.